The lowest BCUT2D eigenvalue weighted by Crippen LogP contribution is -2.11. The zero-order chi connectivity index (χ0) is 18.4. The summed E-state index contributed by atoms with van der Waals surface area (Å²) in [6.07, 6.45) is 8.82. The van der Waals surface area contributed by atoms with Gasteiger partial charge in [0.2, 0.25) is 0 Å². The van der Waals surface area contributed by atoms with Gasteiger partial charge in [-0.1, -0.05) is 37.1 Å². The molecule has 136 valence electrons. The third-order valence-electron chi connectivity index (χ3n) is 5.96. The van der Waals surface area contributed by atoms with Crippen LogP contribution in [0.4, 0.5) is 0 Å². The van der Waals surface area contributed by atoms with Crippen LogP contribution in [0.5, 0.6) is 0 Å². The fourth-order valence-corrected chi connectivity index (χ4v) is 5.60. The van der Waals surface area contributed by atoms with Crippen molar-refractivity contribution in [1.29, 1.82) is 0 Å². The summed E-state index contributed by atoms with van der Waals surface area (Å²) in [6, 6.07) is 16.3. The number of rotatable bonds is 3. The number of allylic oxidation sites excluding steroid dienone is 2. The lowest BCUT2D eigenvalue weighted by molar-refractivity contribution is 0.330. The Kier molecular flexibility index (Phi) is 4.76. The van der Waals surface area contributed by atoms with E-state index in [1.165, 1.54) is 57.8 Å². The first-order valence-corrected chi connectivity index (χ1v) is 12.1. The molecule has 0 N–H and O–H groups in total. The van der Waals surface area contributed by atoms with Gasteiger partial charge in [-0.3, -0.25) is 0 Å². The zero-order valence-corrected chi connectivity index (χ0v) is 17.9. The molecule has 1 spiro atoms. The minimum Gasteiger partial charge on any atom is -0.224 e. The van der Waals surface area contributed by atoms with E-state index >= 15 is 0 Å². The van der Waals surface area contributed by atoms with Crippen molar-refractivity contribution >= 4 is 43.6 Å². The summed E-state index contributed by atoms with van der Waals surface area (Å²) in [7, 11) is -3.15. The Morgan fingerprint density at radius 2 is 1.27 bits per heavy atom. The molecule has 0 amide bonds. The predicted octanol–water partition coefficient (Wildman–Crippen LogP) is 5.96. The maximum Gasteiger partial charge on any atom is 0.175 e. The van der Waals surface area contributed by atoms with E-state index in [2.05, 4.69) is 46.9 Å². The molecule has 26 heavy (non-hydrogen) atoms. The Morgan fingerprint density at radius 1 is 0.808 bits per heavy atom. The molecular formula is C22H23IO2S. The second kappa shape index (κ2) is 6.79. The van der Waals surface area contributed by atoms with Crippen LogP contribution in [-0.2, 0) is 9.84 Å². The van der Waals surface area contributed by atoms with Crippen molar-refractivity contribution in [3.8, 4) is 0 Å². The van der Waals surface area contributed by atoms with Gasteiger partial charge in [0, 0.05) is 9.83 Å². The van der Waals surface area contributed by atoms with E-state index in [0.29, 0.717) is 10.3 Å². The summed E-state index contributed by atoms with van der Waals surface area (Å²) in [6.45, 7) is 0. The molecule has 2 aromatic rings. The van der Waals surface area contributed by atoms with Gasteiger partial charge in [-0.15, -0.1) is 0 Å². The Balaban J connectivity index is 1.78. The first-order chi connectivity index (χ1) is 12.4. The van der Waals surface area contributed by atoms with Crippen molar-refractivity contribution in [2.45, 2.75) is 43.4 Å². The molecule has 1 saturated carbocycles. The van der Waals surface area contributed by atoms with Crippen LogP contribution < -0.4 is 0 Å². The highest BCUT2D eigenvalue weighted by molar-refractivity contribution is 14.1. The highest BCUT2D eigenvalue weighted by Gasteiger charge is 2.41. The van der Waals surface area contributed by atoms with Crippen LogP contribution in [0.2, 0.25) is 0 Å². The monoisotopic (exact) mass is 478 g/mol. The van der Waals surface area contributed by atoms with Crippen LogP contribution >= 0.6 is 22.6 Å². The van der Waals surface area contributed by atoms with Gasteiger partial charge in [0.1, 0.15) is 0 Å². The SMILES string of the molecule is CS(=O)(=O)c1ccc(C2=C(c3ccc(I)cc3)CC3(CCCC3)C2)cc1. The van der Waals surface area contributed by atoms with Crippen LogP contribution in [0, 0.1) is 8.99 Å². The first-order valence-electron chi connectivity index (χ1n) is 9.15. The highest BCUT2D eigenvalue weighted by atomic mass is 127. The molecular weight excluding hydrogens is 455 g/mol. The van der Waals surface area contributed by atoms with E-state index in [1.807, 2.05) is 12.1 Å². The lowest BCUT2D eigenvalue weighted by atomic mass is 9.81. The topological polar surface area (TPSA) is 34.1 Å². The van der Waals surface area contributed by atoms with Crippen LogP contribution in [0.1, 0.15) is 49.7 Å². The number of halogens is 1. The standard InChI is InChI=1S/C22H23IO2S/c1-26(24,25)19-10-6-17(7-11-19)21-15-22(12-2-3-13-22)14-20(21)16-4-8-18(23)9-5-16/h4-11H,2-3,12-15H2,1H3. The maximum atomic E-state index is 11.8. The van der Waals surface area contributed by atoms with Crippen molar-refractivity contribution in [3.63, 3.8) is 0 Å². The van der Waals surface area contributed by atoms with E-state index in [0.717, 1.165) is 12.8 Å². The van der Waals surface area contributed by atoms with Crippen molar-refractivity contribution < 1.29 is 8.42 Å². The maximum absolute atomic E-state index is 11.8. The molecule has 2 nitrogen and oxygen atoms in total. The Bertz CT molecular complexity index is 948. The van der Waals surface area contributed by atoms with Crippen molar-refractivity contribution in [2.75, 3.05) is 6.26 Å². The fourth-order valence-electron chi connectivity index (χ4n) is 4.61. The van der Waals surface area contributed by atoms with E-state index < -0.39 is 9.84 Å². The minimum absolute atomic E-state index is 0.395. The lowest BCUT2D eigenvalue weighted by Gasteiger charge is -2.23. The van der Waals surface area contributed by atoms with Gasteiger partial charge in [-0.25, -0.2) is 8.42 Å². The molecule has 0 aliphatic heterocycles. The van der Waals surface area contributed by atoms with Crippen LogP contribution in [0.3, 0.4) is 0 Å². The number of benzene rings is 2. The molecule has 0 saturated heterocycles. The van der Waals surface area contributed by atoms with Gasteiger partial charge in [0.05, 0.1) is 4.90 Å². The summed E-state index contributed by atoms with van der Waals surface area (Å²) in [4.78, 5) is 0.395. The normalized spacial score (nSPS) is 19.5. The van der Waals surface area contributed by atoms with Crippen LogP contribution in [-0.4, -0.2) is 14.7 Å². The molecule has 0 unspecified atom stereocenters. The molecule has 2 aliphatic rings. The van der Waals surface area contributed by atoms with Crippen LogP contribution in [0.15, 0.2) is 53.4 Å². The molecule has 4 rings (SSSR count). The minimum atomic E-state index is -3.15. The summed E-state index contributed by atoms with van der Waals surface area (Å²) < 4.78 is 24.8. The molecule has 0 bridgehead atoms. The van der Waals surface area contributed by atoms with E-state index in [9.17, 15) is 8.42 Å². The van der Waals surface area contributed by atoms with E-state index in [-0.39, 0.29) is 0 Å². The summed E-state index contributed by atoms with van der Waals surface area (Å²) in [5, 5.41) is 0. The predicted molar refractivity (Wildman–Crippen MR) is 116 cm³/mol. The quantitative estimate of drug-likeness (QED) is 0.511. The van der Waals surface area contributed by atoms with Gasteiger partial charge in [0.25, 0.3) is 0 Å². The molecule has 0 heterocycles. The van der Waals surface area contributed by atoms with Gasteiger partial charge in [0.15, 0.2) is 9.84 Å². The molecule has 2 aromatic carbocycles. The van der Waals surface area contributed by atoms with Gasteiger partial charge >= 0.3 is 0 Å². The van der Waals surface area contributed by atoms with Gasteiger partial charge in [-0.2, -0.15) is 0 Å². The second-order valence-electron chi connectivity index (χ2n) is 7.82. The average molecular weight is 478 g/mol. The first kappa shape index (κ1) is 18.2. The summed E-state index contributed by atoms with van der Waals surface area (Å²) in [5.41, 5.74) is 5.78. The molecule has 0 aromatic heterocycles. The number of hydrogen-bond acceptors (Lipinski definition) is 2. The molecule has 0 radical (unpaired) electrons. The highest BCUT2D eigenvalue weighted by Crippen LogP contribution is 2.57. The van der Waals surface area contributed by atoms with Crippen molar-refractivity contribution in [2.24, 2.45) is 5.41 Å². The molecule has 4 heteroatoms. The summed E-state index contributed by atoms with van der Waals surface area (Å²) in [5.74, 6) is 0. The molecule has 2 aliphatic carbocycles. The molecule has 1 fully saturated rings. The van der Waals surface area contributed by atoms with E-state index in [4.69, 9.17) is 0 Å². The average Bonchev–Trinajstić information content (AvgIpc) is 3.22. The van der Waals surface area contributed by atoms with E-state index in [1.54, 1.807) is 12.1 Å². The third kappa shape index (κ3) is 3.50. The fraction of sp³-hybridized carbons (Fsp3) is 0.364. The molecule has 0 atom stereocenters. The van der Waals surface area contributed by atoms with Crippen LogP contribution in [0.25, 0.3) is 11.1 Å². The zero-order valence-electron chi connectivity index (χ0n) is 15.0. The van der Waals surface area contributed by atoms with Gasteiger partial charge < -0.3 is 0 Å². The Morgan fingerprint density at radius 3 is 1.73 bits per heavy atom. The Hall–Kier alpha value is -1.14. The number of sulfone groups is 1. The van der Waals surface area contributed by atoms with Crippen molar-refractivity contribution in [3.05, 3.63) is 63.2 Å². The van der Waals surface area contributed by atoms with Gasteiger partial charge in [-0.05, 0) is 100 Å². The Labute approximate surface area is 169 Å². The second-order valence-corrected chi connectivity index (χ2v) is 11.1. The number of hydrogen-bond donors (Lipinski definition) is 0. The summed E-state index contributed by atoms with van der Waals surface area (Å²) >= 11 is 2.35. The largest absolute Gasteiger partial charge is 0.224 e. The smallest absolute Gasteiger partial charge is 0.175 e. The third-order valence-corrected chi connectivity index (χ3v) is 7.80. The van der Waals surface area contributed by atoms with Crippen molar-refractivity contribution in [1.82, 2.24) is 0 Å².